The number of hydrogen-bond acceptors (Lipinski definition) is 5. The van der Waals surface area contributed by atoms with Gasteiger partial charge < -0.3 is 15.2 Å². The molecule has 8 nitrogen and oxygen atoms in total. The first-order valence-corrected chi connectivity index (χ1v) is 11.5. The van der Waals surface area contributed by atoms with Crippen molar-refractivity contribution in [3.63, 3.8) is 0 Å². The van der Waals surface area contributed by atoms with E-state index in [-0.39, 0.29) is 29.7 Å². The van der Waals surface area contributed by atoms with Gasteiger partial charge >= 0.3 is 0 Å². The molecule has 30 heavy (non-hydrogen) atoms. The van der Waals surface area contributed by atoms with Crippen molar-refractivity contribution in [3.8, 4) is 0 Å². The van der Waals surface area contributed by atoms with Crippen molar-refractivity contribution in [1.29, 1.82) is 0 Å². The summed E-state index contributed by atoms with van der Waals surface area (Å²) in [7, 11) is -1.85. The van der Waals surface area contributed by atoms with E-state index < -0.39 is 10.0 Å². The van der Waals surface area contributed by atoms with E-state index >= 15 is 0 Å². The number of nitrogens with zero attached hydrogens (tertiary/aromatic N) is 2. The third-order valence-corrected chi connectivity index (χ3v) is 5.83. The van der Waals surface area contributed by atoms with Crippen molar-refractivity contribution >= 4 is 40.0 Å². The van der Waals surface area contributed by atoms with Crippen molar-refractivity contribution in [3.05, 3.63) is 52.4 Å². The SMILES string of the molecule is CCNC(=NCc1ccc(CS(=O)(=O)NC)cc1)NCc1c(CC)noc1CC.I. The fraction of sp³-hybridized carbons (Fsp3) is 0.500. The zero-order valence-corrected chi connectivity index (χ0v) is 21.1. The molecule has 0 fully saturated rings. The second-order valence-electron chi connectivity index (χ2n) is 6.57. The molecule has 0 amide bonds. The van der Waals surface area contributed by atoms with E-state index in [2.05, 4.69) is 32.4 Å². The van der Waals surface area contributed by atoms with Gasteiger partial charge in [0.25, 0.3) is 0 Å². The Hall–Kier alpha value is -1.66. The van der Waals surface area contributed by atoms with Crippen LogP contribution in [0.15, 0.2) is 33.8 Å². The highest BCUT2D eigenvalue weighted by Gasteiger charge is 2.13. The number of benzene rings is 1. The minimum atomic E-state index is -3.27. The molecule has 0 saturated carbocycles. The molecule has 1 aromatic heterocycles. The van der Waals surface area contributed by atoms with Gasteiger partial charge in [-0.1, -0.05) is 43.3 Å². The Balaban J connectivity index is 0.00000450. The molecular formula is C20H32IN5O3S. The van der Waals surface area contributed by atoms with E-state index in [0.717, 1.165) is 47.5 Å². The summed E-state index contributed by atoms with van der Waals surface area (Å²) in [5, 5.41) is 10.7. The number of rotatable bonds is 10. The maximum absolute atomic E-state index is 11.6. The standard InChI is InChI=1S/C20H31N5O3S.HI/c1-5-18-17(19(6-2)28-25-18)13-24-20(22-7-3)23-12-15-8-10-16(11-9-15)14-29(26,27)21-4;/h8-11,21H,5-7,12-14H2,1-4H3,(H2,22,23,24);1H. The van der Waals surface area contributed by atoms with Crippen LogP contribution in [-0.2, 0) is 41.7 Å². The quantitative estimate of drug-likeness (QED) is 0.239. The highest BCUT2D eigenvalue weighted by molar-refractivity contribution is 14.0. The van der Waals surface area contributed by atoms with Gasteiger partial charge in [-0.15, -0.1) is 24.0 Å². The molecule has 168 valence electrons. The number of aryl methyl sites for hydroxylation is 2. The van der Waals surface area contributed by atoms with Crippen molar-refractivity contribution in [2.75, 3.05) is 13.6 Å². The average molecular weight is 549 g/mol. The lowest BCUT2D eigenvalue weighted by molar-refractivity contribution is 0.380. The lowest BCUT2D eigenvalue weighted by Crippen LogP contribution is -2.37. The van der Waals surface area contributed by atoms with E-state index in [1.807, 2.05) is 38.1 Å². The predicted octanol–water partition coefficient (Wildman–Crippen LogP) is 2.72. The summed E-state index contributed by atoms with van der Waals surface area (Å²) in [5.41, 5.74) is 3.80. The Bertz CT molecular complexity index is 890. The summed E-state index contributed by atoms with van der Waals surface area (Å²) in [6.45, 7) is 7.96. The fourth-order valence-electron chi connectivity index (χ4n) is 2.85. The summed E-state index contributed by atoms with van der Waals surface area (Å²) in [4.78, 5) is 4.63. The van der Waals surface area contributed by atoms with Crippen molar-refractivity contribution in [1.82, 2.24) is 20.5 Å². The minimum Gasteiger partial charge on any atom is -0.361 e. The zero-order chi connectivity index (χ0) is 21.3. The summed E-state index contributed by atoms with van der Waals surface area (Å²) in [5.74, 6) is 1.58. The van der Waals surface area contributed by atoms with Crippen LogP contribution in [0.4, 0.5) is 0 Å². The van der Waals surface area contributed by atoms with Gasteiger partial charge in [0, 0.05) is 25.1 Å². The summed E-state index contributed by atoms with van der Waals surface area (Å²) in [6, 6.07) is 7.44. The van der Waals surface area contributed by atoms with Crippen LogP contribution in [0.25, 0.3) is 0 Å². The maximum atomic E-state index is 11.6. The predicted molar refractivity (Wildman–Crippen MR) is 130 cm³/mol. The number of sulfonamides is 1. The largest absolute Gasteiger partial charge is 0.361 e. The highest BCUT2D eigenvalue weighted by Crippen LogP contribution is 2.15. The van der Waals surface area contributed by atoms with E-state index in [1.165, 1.54) is 7.05 Å². The van der Waals surface area contributed by atoms with Crippen LogP contribution in [0.1, 0.15) is 48.9 Å². The molecule has 0 aliphatic rings. The lowest BCUT2D eigenvalue weighted by Gasteiger charge is -2.12. The number of nitrogens with one attached hydrogen (secondary N) is 3. The van der Waals surface area contributed by atoms with Crippen molar-refractivity contribution < 1.29 is 12.9 Å². The van der Waals surface area contributed by atoms with Crippen molar-refractivity contribution in [2.45, 2.75) is 52.5 Å². The Kier molecular flexibility index (Phi) is 11.3. The Labute approximate surface area is 196 Å². The van der Waals surface area contributed by atoms with E-state index in [9.17, 15) is 8.42 Å². The van der Waals surface area contributed by atoms with Crippen LogP contribution >= 0.6 is 24.0 Å². The summed E-state index contributed by atoms with van der Waals surface area (Å²) in [6.07, 6.45) is 1.62. The molecular weight excluding hydrogens is 517 g/mol. The molecule has 3 N–H and O–H groups in total. The number of guanidine groups is 1. The molecule has 10 heteroatoms. The molecule has 1 heterocycles. The first kappa shape index (κ1) is 26.4. The zero-order valence-electron chi connectivity index (χ0n) is 18.0. The fourth-order valence-corrected chi connectivity index (χ4v) is 3.63. The minimum absolute atomic E-state index is 0. The van der Waals surface area contributed by atoms with E-state index in [4.69, 9.17) is 4.52 Å². The third-order valence-electron chi connectivity index (χ3n) is 4.49. The smallest absolute Gasteiger partial charge is 0.215 e. The van der Waals surface area contributed by atoms with E-state index in [1.54, 1.807) is 0 Å². The van der Waals surface area contributed by atoms with Gasteiger partial charge in [0.15, 0.2) is 5.96 Å². The lowest BCUT2D eigenvalue weighted by atomic mass is 10.1. The van der Waals surface area contributed by atoms with Crippen LogP contribution in [0.5, 0.6) is 0 Å². The topological polar surface area (TPSA) is 109 Å². The van der Waals surface area contributed by atoms with Gasteiger partial charge in [0.1, 0.15) is 5.76 Å². The van der Waals surface area contributed by atoms with Crippen LogP contribution in [-0.4, -0.2) is 33.1 Å². The summed E-state index contributed by atoms with van der Waals surface area (Å²) < 4.78 is 31.0. The van der Waals surface area contributed by atoms with Gasteiger partial charge in [-0.05, 0) is 31.5 Å². The number of halogens is 1. The normalized spacial score (nSPS) is 11.8. The molecule has 0 radical (unpaired) electrons. The molecule has 2 aromatic rings. The molecule has 0 aliphatic heterocycles. The number of hydrogen-bond donors (Lipinski definition) is 3. The van der Waals surface area contributed by atoms with Crippen LogP contribution in [0.2, 0.25) is 0 Å². The molecule has 0 spiro atoms. The van der Waals surface area contributed by atoms with Gasteiger partial charge in [-0.25, -0.2) is 18.1 Å². The van der Waals surface area contributed by atoms with Crippen LogP contribution < -0.4 is 15.4 Å². The highest BCUT2D eigenvalue weighted by atomic mass is 127. The first-order valence-electron chi connectivity index (χ1n) is 9.89. The molecule has 2 rings (SSSR count). The second kappa shape index (κ2) is 12.9. The van der Waals surface area contributed by atoms with E-state index in [0.29, 0.717) is 19.0 Å². The number of aliphatic imine (C=N–C) groups is 1. The first-order chi connectivity index (χ1) is 13.9. The Morgan fingerprint density at radius 2 is 1.73 bits per heavy atom. The van der Waals surface area contributed by atoms with Gasteiger partial charge in [-0.3, -0.25) is 0 Å². The molecule has 0 unspecified atom stereocenters. The monoisotopic (exact) mass is 549 g/mol. The third kappa shape index (κ3) is 7.88. The summed E-state index contributed by atoms with van der Waals surface area (Å²) >= 11 is 0. The van der Waals surface area contributed by atoms with Crippen LogP contribution in [0.3, 0.4) is 0 Å². The van der Waals surface area contributed by atoms with Gasteiger partial charge in [-0.2, -0.15) is 0 Å². The average Bonchev–Trinajstić information content (AvgIpc) is 3.13. The Morgan fingerprint density at radius 1 is 1.07 bits per heavy atom. The van der Waals surface area contributed by atoms with Gasteiger partial charge in [0.05, 0.1) is 18.0 Å². The van der Waals surface area contributed by atoms with Crippen molar-refractivity contribution in [2.24, 2.45) is 4.99 Å². The second-order valence-corrected chi connectivity index (χ2v) is 8.49. The Morgan fingerprint density at radius 3 is 2.30 bits per heavy atom. The maximum Gasteiger partial charge on any atom is 0.215 e. The van der Waals surface area contributed by atoms with Crippen LogP contribution in [0, 0.1) is 0 Å². The molecule has 1 aromatic carbocycles. The molecule has 0 aliphatic carbocycles. The molecule has 0 saturated heterocycles. The number of aromatic nitrogens is 1. The van der Waals surface area contributed by atoms with Gasteiger partial charge in [0.2, 0.25) is 10.0 Å². The molecule has 0 atom stereocenters. The molecule has 0 bridgehead atoms.